The average molecular weight is 391 g/mol. The molecule has 0 bridgehead atoms. The van der Waals surface area contributed by atoms with Gasteiger partial charge in [-0.2, -0.15) is 4.37 Å². The van der Waals surface area contributed by atoms with Gasteiger partial charge in [0.1, 0.15) is 11.6 Å². The molecule has 5 nitrogen and oxygen atoms in total. The molecule has 2 N–H and O–H groups in total. The summed E-state index contributed by atoms with van der Waals surface area (Å²) in [5.41, 5.74) is 2.12. The second-order valence-corrected chi connectivity index (χ2v) is 7.35. The van der Waals surface area contributed by atoms with Gasteiger partial charge in [0, 0.05) is 24.0 Å². The Bertz CT molecular complexity index is 1100. The van der Waals surface area contributed by atoms with Crippen molar-refractivity contribution in [3.63, 3.8) is 0 Å². The molecule has 0 spiro atoms. The average Bonchev–Trinajstić information content (AvgIpc) is 3.36. The Morgan fingerprint density at radius 1 is 1.04 bits per heavy atom. The van der Waals surface area contributed by atoms with Crippen molar-refractivity contribution >= 4 is 33.3 Å². The number of aryl methyl sites for hydroxylation is 1. The Morgan fingerprint density at radius 2 is 1.86 bits per heavy atom. The highest BCUT2D eigenvalue weighted by molar-refractivity contribution is 7.13. The molecule has 6 heteroatoms. The van der Waals surface area contributed by atoms with Gasteiger partial charge in [-0.15, -0.1) is 0 Å². The number of hydrogen-bond donors (Lipinski definition) is 2. The molecule has 2 aromatic heterocycles. The van der Waals surface area contributed by atoms with Crippen LogP contribution in [0.2, 0.25) is 0 Å². The molecule has 0 radical (unpaired) electrons. The zero-order chi connectivity index (χ0) is 19.3. The normalized spacial score (nSPS) is 10.9. The van der Waals surface area contributed by atoms with Crippen molar-refractivity contribution in [2.24, 2.45) is 0 Å². The highest BCUT2D eigenvalue weighted by Gasteiger charge is 2.12. The van der Waals surface area contributed by atoms with Crippen LogP contribution in [0.1, 0.15) is 22.5 Å². The van der Waals surface area contributed by atoms with Gasteiger partial charge in [-0.05, 0) is 54.7 Å². The van der Waals surface area contributed by atoms with E-state index in [1.807, 2.05) is 49.4 Å². The predicted molar refractivity (Wildman–Crippen MR) is 114 cm³/mol. The van der Waals surface area contributed by atoms with Crippen LogP contribution in [0.5, 0.6) is 0 Å². The lowest BCUT2D eigenvalue weighted by atomic mass is 10.1. The van der Waals surface area contributed by atoms with Gasteiger partial charge in [0.25, 0.3) is 5.91 Å². The topological polar surface area (TPSA) is 67.2 Å². The maximum atomic E-state index is 12.3. The third kappa shape index (κ3) is 3.92. The van der Waals surface area contributed by atoms with E-state index in [1.165, 1.54) is 16.2 Å². The van der Waals surface area contributed by atoms with Crippen molar-refractivity contribution in [2.45, 2.75) is 13.3 Å². The molecule has 28 heavy (non-hydrogen) atoms. The molecule has 4 rings (SSSR count). The van der Waals surface area contributed by atoms with E-state index in [0.29, 0.717) is 18.1 Å². The molecule has 142 valence electrons. The molecule has 0 aliphatic rings. The van der Waals surface area contributed by atoms with Crippen molar-refractivity contribution in [1.29, 1.82) is 0 Å². The summed E-state index contributed by atoms with van der Waals surface area (Å²) in [6.45, 7) is 3.32. The van der Waals surface area contributed by atoms with E-state index in [9.17, 15) is 4.79 Å². The van der Waals surface area contributed by atoms with Crippen molar-refractivity contribution in [2.75, 3.05) is 18.4 Å². The minimum absolute atomic E-state index is 0.195. The Labute approximate surface area is 167 Å². The van der Waals surface area contributed by atoms with Crippen LogP contribution in [-0.2, 0) is 0 Å². The molecule has 0 saturated heterocycles. The number of fused-ring (bicyclic) bond motifs is 1. The minimum Gasteiger partial charge on any atom is -0.451 e. The summed E-state index contributed by atoms with van der Waals surface area (Å²) in [5.74, 6) is 1.75. The summed E-state index contributed by atoms with van der Waals surface area (Å²) in [5, 5.41) is 7.38. The van der Waals surface area contributed by atoms with Crippen LogP contribution in [0.4, 0.5) is 5.82 Å². The lowest BCUT2D eigenvalue weighted by Crippen LogP contribution is -2.25. The molecule has 0 atom stereocenters. The lowest BCUT2D eigenvalue weighted by molar-refractivity contribution is 0.0926. The zero-order valence-electron chi connectivity index (χ0n) is 15.6. The van der Waals surface area contributed by atoms with E-state index in [0.717, 1.165) is 35.3 Å². The SMILES string of the molecule is Cc1ccccc1-c1ccc(C(=O)NCCCNc2nsc3ccccc23)o1. The summed E-state index contributed by atoms with van der Waals surface area (Å²) in [6, 6.07) is 19.7. The van der Waals surface area contributed by atoms with E-state index in [1.54, 1.807) is 6.07 Å². The molecule has 0 aliphatic carbocycles. The maximum absolute atomic E-state index is 12.3. The maximum Gasteiger partial charge on any atom is 0.287 e. The molecule has 2 aromatic carbocycles. The number of nitrogens with one attached hydrogen (secondary N) is 2. The number of carbonyl (C=O) groups is 1. The quantitative estimate of drug-likeness (QED) is 0.430. The fraction of sp³-hybridized carbons (Fsp3) is 0.182. The Hall–Kier alpha value is -3.12. The number of nitrogens with zero attached hydrogens (tertiary/aromatic N) is 1. The van der Waals surface area contributed by atoms with Crippen molar-refractivity contribution < 1.29 is 9.21 Å². The second-order valence-electron chi connectivity index (χ2n) is 6.54. The fourth-order valence-electron chi connectivity index (χ4n) is 3.05. The molecular weight excluding hydrogens is 370 g/mol. The number of amides is 1. The van der Waals surface area contributed by atoms with Crippen LogP contribution in [0.15, 0.2) is 65.1 Å². The van der Waals surface area contributed by atoms with Gasteiger partial charge in [0.15, 0.2) is 5.76 Å². The van der Waals surface area contributed by atoms with Crippen LogP contribution < -0.4 is 10.6 Å². The molecule has 0 saturated carbocycles. The number of rotatable bonds is 7. The first-order valence-electron chi connectivity index (χ1n) is 9.25. The first-order chi connectivity index (χ1) is 13.7. The van der Waals surface area contributed by atoms with E-state index in [4.69, 9.17) is 4.42 Å². The second kappa shape index (κ2) is 8.27. The number of aromatic nitrogens is 1. The van der Waals surface area contributed by atoms with Gasteiger partial charge in [-0.3, -0.25) is 4.79 Å². The summed E-state index contributed by atoms with van der Waals surface area (Å²) >= 11 is 1.49. The number of anilines is 1. The monoisotopic (exact) mass is 391 g/mol. The summed E-state index contributed by atoms with van der Waals surface area (Å²) in [6.07, 6.45) is 0.795. The number of carbonyl (C=O) groups excluding carboxylic acids is 1. The lowest BCUT2D eigenvalue weighted by Gasteiger charge is -2.05. The summed E-state index contributed by atoms with van der Waals surface area (Å²) in [4.78, 5) is 12.3. The van der Waals surface area contributed by atoms with E-state index in [2.05, 4.69) is 27.1 Å². The van der Waals surface area contributed by atoms with E-state index >= 15 is 0 Å². The zero-order valence-corrected chi connectivity index (χ0v) is 16.4. The molecule has 0 aliphatic heterocycles. The van der Waals surface area contributed by atoms with Gasteiger partial charge in [0.2, 0.25) is 0 Å². The highest BCUT2D eigenvalue weighted by Crippen LogP contribution is 2.26. The van der Waals surface area contributed by atoms with Crippen LogP contribution in [0.3, 0.4) is 0 Å². The van der Waals surface area contributed by atoms with E-state index in [-0.39, 0.29) is 5.91 Å². The van der Waals surface area contributed by atoms with Crippen molar-refractivity contribution in [1.82, 2.24) is 9.69 Å². The molecule has 0 unspecified atom stereocenters. The van der Waals surface area contributed by atoms with Gasteiger partial charge < -0.3 is 15.1 Å². The predicted octanol–water partition coefficient (Wildman–Crippen LogP) is 5.10. The third-order valence-corrected chi connectivity index (χ3v) is 5.38. The van der Waals surface area contributed by atoms with E-state index < -0.39 is 0 Å². The van der Waals surface area contributed by atoms with Gasteiger partial charge in [0.05, 0.1) is 4.70 Å². The summed E-state index contributed by atoms with van der Waals surface area (Å²) < 4.78 is 11.3. The Morgan fingerprint density at radius 3 is 2.75 bits per heavy atom. The number of benzene rings is 2. The molecule has 2 heterocycles. The molecule has 0 fully saturated rings. The number of furan rings is 1. The first kappa shape index (κ1) is 18.3. The molecule has 1 amide bonds. The standard InChI is InChI=1S/C22H21N3O2S/c1-15-7-2-3-8-16(15)18-11-12-19(27-18)22(26)24-14-6-13-23-21-17-9-4-5-10-20(17)28-25-21/h2-5,7-12H,6,13-14H2,1H3,(H,23,25)(H,24,26). The van der Waals surface area contributed by atoms with Gasteiger partial charge in [-0.1, -0.05) is 36.4 Å². The van der Waals surface area contributed by atoms with Crippen LogP contribution in [0.25, 0.3) is 21.4 Å². The largest absolute Gasteiger partial charge is 0.451 e. The van der Waals surface area contributed by atoms with Crippen molar-refractivity contribution in [3.8, 4) is 11.3 Å². The van der Waals surface area contributed by atoms with Crippen molar-refractivity contribution in [3.05, 3.63) is 72.0 Å². The number of hydrogen-bond acceptors (Lipinski definition) is 5. The molecule has 4 aromatic rings. The van der Waals surface area contributed by atoms with Crippen LogP contribution >= 0.6 is 11.5 Å². The van der Waals surface area contributed by atoms with Gasteiger partial charge in [-0.25, -0.2) is 0 Å². The third-order valence-electron chi connectivity index (χ3n) is 4.55. The smallest absolute Gasteiger partial charge is 0.287 e. The highest BCUT2D eigenvalue weighted by atomic mass is 32.1. The minimum atomic E-state index is -0.195. The van der Waals surface area contributed by atoms with Gasteiger partial charge >= 0.3 is 0 Å². The Kier molecular flexibility index (Phi) is 5.39. The summed E-state index contributed by atoms with van der Waals surface area (Å²) in [7, 11) is 0. The fourth-order valence-corrected chi connectivity index (χ4v) is 3.81. The van der Waals surface area contributed by atoms with Crippen LogP contribution in [0, 0.1) is 6.92 Å². The first-order valence-corrected chi connectivity index (χ1v) is 10.0. The van der Waals surface area contributed by atoms with Crippen LogP contribution in [-0.4, -0.2) is 23.4 Å². The molecular formula is C22H21N3O2S. The Balaban J connectivity index is 1.26.